The lowest BCUT2D eigenvalue weighted by Crippen LogP contribution is -2.37. The van der Waals surface area contributed by atoms with Crippen molar-refractivity contribution in [3.63, 3.8) is 0 Å². The van der Waals surface area contributed by atoms with Gasteiger partial charge < -0.3 is 5.32 Å². The zero-order valence-electron chi connectivity index (χ0n) is 16.0. The van der Waals surface area contributed by atoms with Crippen LogP contribution >= 0.6 is 11.8 Å². The van der Waals surface area contributed by atoms with Gasteiger partial charge in [0.2, 0.25) is 5.91 Å². The first-order chi connectivity index (χ1) is 14.3. The van der Waals surface area contributed by atoms with E-state index in [1.807, 2.05) is 57.7 Å². The first-order valence-corrected chi connectivity index (χ1v) is 11.0. The van der Waals surface area contributed by atoms with Crippen molar-refractivity contribution in [3.05, 3.63) is 48.8 Å². The quantitative estimate of drug-likeness (QED) is 0.513. The van der Waals surface area contributed by atoms with Crippen molar-refractivity contribution in [2.45, 2.75) is 43.3 Å². The molecule has 3 aromatic heterocycles. The summed E-state index contributed by atoms with van der Waals surface area (Å²) in [6.45, 7) is 0. The Morgan fingerprint density at radius 2 is 1.93 bits per heavy atom. The van der Waals surface area contributed by atoms with Crippen LogP contribution in [0.15, 0.2) is 53.9 Å². The second-order valence-electron chi connectivity index (χ2n) is 7.39. The van der Waals surface area contributed by atoms with Gasteiger partial charge in [-0.15, -0.1) is 10.2 Å². The third kappa shape index (κ3) is 3.72. The van der Waals surface area contributed by atoms with Crippen molar-refractivity contribution in [2.75, 3.05) is 5.75 Å². The van der Waals surface area contributed by atoms with Crippen LogP contribution in [-0.4, -0.2) is 41.9 Å². The smallest absolute Gasteiger partial charge is 0.230 e. The Morgan fingerprint density at radius 1 is 1.10 bits per heavy atom. The summed E-state index contributed by atoms with van der Waals surface area (Å²) in [4.78, 5) is 12.3. The van der Waals surface area contributed by atoms with E-state index in [0.29, 0.717) is 17.0 Å². The van der Waals surface area contributed by atoms with Crippen molar-refractivity contribution in [3.8, 4) is 11.3 Å². The molecular formula is C21H22N6OS. The number of thioether (sulfide) groups is 1. The number of fused-ring (bicyclic) bond motifs is 3. The number of benzene rings is 1. The van der Waals surface area contributed by atoms with Gasteiger partial charge in [-0.25, -0.2) is 4.52 Å². The maximum Gasteiger partial charge on any atom is 0.230 e. The van der Waals surface area contributed by atoms with Crippen LogP contribution in [0.1, 0.15) is 32.1 Å². The number of amides is 1. The molecule has 5 rings (SSSR count). The summed E-state index contributed by atoms with van der Waals surface area (Å²) in [5.74, 6) is 0.409. The number of carbonyl (C=O) groups excluding carboxylic acids is 1. The van der Waals surface area contributed by atoms with Gasteiger partial charge in [-0.3, -0.25) is 9.20 Å². The number of hydrogen-bond donors (Lipinski definition) is 1. The Hall–Kier alpha value is -2.87. The van der Waals surface area contributed by atoms with Crippen LogP contribution < -0.4 is 5.32 Å². The van der Waals surface area contributed by atoms with Crippen LogP contribution in [0.4, 0.5) is 0 Å². The van der Waals surface area contributed by atoms with Gasteiger partial charge in [-0.05, 0) is 18.9 Å². The van der Waals surface area contributed by atoms with Gasteiger partial charge >= 0.3 is 0 Å². The number of aromatic nitrogens is 5. The number of nitrogens with one attached hydrogen (secondary N) is 1. The van der Waals surface area contributed by atoms with Crippen molar-refractivity contribution in [2.24, 2.45) is 0 Å². The molecule has 29 heavy (non-hydrogen) atoms. The molecule has 0 radical (unpaired) electrons. The highest BCUT2D eigenvalue weighted by Crippen LogP contribution is 2.24. The second kappa shape index (κ2) is 7.87. The molecule has 0 aliphatic heterocycles. The van der Waals surface area contributed by atoms with Crippen LogP contribution in [0, 0.1) is 0 Å². The Kier molecular flexibility index (Phi) is 4.93. The summed E-state index contributed by atoms with van der Waals surface area (Å²) in [5.41, 5.74) is 3.57. The Bertz CT molecular complexity index is 1150. The highest BCUT2D eigenvalue weighted by molar-refractivity contribution is 7.99. The first kappa shape index (κ1) is 18.2. The molecule has 0 bridgehead atoms. The summed E-state index contributed by atoms with van der Waals surface area (Å²) in [6.07, 6.45) is 9.66. The van der Waals surface area contributed by atoms with E-state index < -0.39 is 0 Å². The Labute approximate surface area is 172 Å². The monoisotopic (exact) mass is 406 g/mol. The van der Waals surface area contributed by atoms with Crippen LogP contribution in [0.5, 0.6) is 0 Å². The molecule has 0 saturated heterocycles. The number of hydrogen-bond acceptors (Lipinski definition) is 5. The zero-order valence-corrected chi connectivity index (χ0v) is 16.8. The normalized spacial score (nSPS) is 15.2. The molecule has 1 aliphatic carbocycles. The summed E-state index contributed by atoms with van der Waals surface area (Å²) >= 11 is 1.41. The molecule has 4 aromatic rings. The minimum absolute atomic E-state index is 0.0652. The summed E-state index contributed by atoms with van der Waals surface area (Å²) in [6, 6.07) is 12.4. The van der Waals surface area contributed by atoms with E-state index in [2.05, 4.69) is 20.6 Å². The average Bonchev–Trinajstić information content (AvgIpc) is 3.37. The standard InChI is InChI=1S/C21H22N6OS/c28-19(22-16-9-5-2-6-10-16)14-29-21-24-23-20-18-13-17(15-7-3-1-4-8-15)25-27(18)12-11-26(20)21/h1,3-4,7-8,11-13,16H,2,5-6,9-10,14H2,(H,22,28). The van der Waals surface area contributed by atoms with E-state index in [1.165, 1.54) is 31.0 Å². The third-order valence-corrected chi connectivity index (χ3v) is 6.30. The van der Waals surface area contributed by atoms with Crippen molar-refractivity contribution < 1.29 is 4.79 Å². The molecule has 1 amide bonds. The molecule has 1 aromatic carbocycles. The van der Waals surface area contributed by atoms with Crippen LogP contribution in [-0.2, 0) is 4.79 Å². The van der Waals surface area contributed by atoms with Gasteiger partial charge in [0.25, 0.3) is 0 Å². The zero-order chi connectivity index (χ0) is 19.6. The second-order valence-corrected chi connectivity index (χ2v) is 8.33. The summed E-state index contributed by atoms with van der Waals surface area (Å²) < 4.78 is 3.74. The van der Waals surface area contributed by atoms with Crippen molar-refractivity contribution in [1.29, 1.82) is 0 Å². The lowest BCUT2D eigenvalue weighted by Gasteiger charge is -2.22. The minimum atomic E-state index is 0.0652. The fourth-order valence-corrected chi connectivity index (χ4v) is 4.61. The molecule has 148 valence electrons. The molecule has 7 nitrogen and oxygen atoms in total. The van der Waals surface area contributed by atoms with E-state index in [-0.39, 0.29) is 5.91 Å². The topological polar surface area (TPSA) is 76.6 Å². The average molecular weight is 407 g/mol. The van der Waals surface area contributed by atoms with E-state index >= 15 is 0 Å². The third-order valence-electron chi connectivity index (χ3n) is 5.36. The van der Waals surface area contributed by atoms with E-state index in [9.17, 15) is 4.79 Å². The molecule has 1 fully saturated rings. The predicted octanol–water partition coefficient (Wildman–Crippen LogP) is 3.59. The highest BCUT2D eigenvalue weighted by atomic mass is 32.2. The SMILES string of the molecule is O=C(CSc1nnc2c3cc(-c4ccccc4)nn3ccn12)NC1CCCCC1. The molecule has 0 spiro atoms. The fraction of sp³-hybridized carbons (Fsp3) is 0.333. The van der Waals surface area contributed by atoms with Crippen LogP contribution in [0.2, 0.25) is 0 Å². The minimum Gasteiger partial charge on any atom is -0.353 e. The van der Waals surface area contributed by atoms with Gasteiger partial charge in [0.1, 0.15) is 5.52 Å². The molecule has 8 heteroatoms. The number of nitrogens with zero attached hydrogens (tertiary/aromatic N) is 5. The maximum absolute atomic E-state index is 12.3. The molecule has 1 saturated carbocycles. The lowest BCUT2D eigenvalue weighted by molar-refractivity contribution is -0.119. The first-order valence-electron chi connectivity index (χ1n) is 9.99. The number of carbonyl (C=O) groups is 1. The van der Waals surface area contributed by atoms with Gasteiger partial charge in [0.15, 0.2) is 10.8 Å². The molecule has 3 heterocycles. The molecule has 0 unspecified atom stereocenters. The Morgan fingerprint density at radius 3 is 2.76 bits per heavy atom. The highest BCUT2D eigenvalue weighted by Gasteiger charge is 2.17. The molecular weight excluding hydrogens is 384 g/mol. The fourth-order valence-electron chi connectivity index (χ4n) is 3.89. The lowest BCUT2D eigenvalue weighted by atomic mass is 9.95. The van der Waals surface area contributed by atoms with Gasteiger partial charge in [-0.2, -0.15) is 5.10 Å². The predicted molar refractivity (Wildman–Crippen MR) is 113 cm³/mol. The van der Waals surface area contributed by atoms with E-state index in [4.69, 9.17) is 0 Å². The van der Waals surface area contributed by atoms with Crippen molar-refractivity contribution >= 4 is 28.8 Å². The molecule has 1 N–H and O–H groups in total. The largest absolute Gasteiger partial charge is 0.353 e. The number of rotatable bonds is 5. The molecule has 1 aliphatic rings. The van der Waals surface area contributed by atoms with Crippen LogP contribution in [0.25, 0.3) is 22.4 Å². The summed E-state index contributed by atoms with van der Waals surface area (Å²) in [5, 5.41) is 17.2. The van der Waals surface area contributed by atoms with E-state index in [0.717, 1.165) is 35.3 Å². The van der Waals surface area contributed by atoms with Gasteiger partial charge in [0.05, 0.1) is 11.4 Å². The van der Waals surface area contributed by atoms with Crippen LogP contribution in [0.3, 0.4) is 0 Å². The van der Waals surface area contributed by atoms with E-state index in [1.54, 1.807) is 0 Å². The molecule has 0 atom stereocenters. The summed E-state index contributed by atoms with van der Waals surface area (Å²) in [7, 11) is 0. The maximum atomic E-state index is 12.3. The van der Waals surface area contributed by atoms with Gasteiger partial charge in [0, 0.05) is 24.0 Å². The van der Waals surface area contributed by atoms with Crippen molar-refractivity contribution in [1.82, 2.24) is 29.5 Å². The van der Waals surface area contributed by atoms with Gasteiger partial charge in [-0.1, -0.05) is 61.4 Å². The Balaban J connectivity index is 1.35.